The van der Waals surface area contributed by atoms with Gasteiger partial charge in [0, 0.05) is 6.61 Å². The summed E-state index contributed by atoms with van der Waals surface area (Å²) in [4.78, 5) is 35.2. The SMILES string of the molecule is CC(C)[C@H](NC1(c2ccc3ccccc3c2)CCCCO1)C(=O)N[C@H](C=O)CC(=O)O. The number of ether oxygens (including phenoxy) is 1. The molecule has 1 aliphatic rings. The average molecular weight is 427 g/mol. The van der Waals surface area contributed by atoms with Gasteiger partial charge in [-0.3, -0.25) is 14.9 Å². The van der Waals surface area contributed by atoms with E-state index in [1.54, 1.807) is 0 Å². The van der Waals surface area contributed by atoms with Crippen molar-refractivity contribution in [3.63, 3.8) is 0 Å². The van der Waals surface area contributed by atoms with Crippen LogP contribution in [0.15, 0.2) is 42.5 Å². The van der Waals surface area contributed by atoms with Crippen LogP contribution in [0.1, 0.15) is 45.1 Å². The quantitative estimate of drug-likeness (QED) is 0.533. The van der Waals surface area contributed by atoms with E-state index in [2.05, 4.69) is 16.7 Å². The summed E-state index contributed by atoms with van der Waals surface area (Å²) in [5, 5.41) is 17.2. The Morgan fingerprint density at radius 3 is 2.52 bits per heavy atom. The van der Waals surface area contributed by atoms with Crippen molar-refractivity contribution in [2.45, 2.75) is 57.3 Å². The smallest absolute Gasteiger partial charge is 0.305 e. The van der Waals surface area contributed by atoms with Crippen LogP contribution in [-0.4, -0.2) is 42.0 Å². The van der Waals surface area contributed by atoms with Crippen molar-refractivity contribution in [1.29, 1.82) is 0 Å². The van der Waals surface area contributed by atoms with Gasteiger partial charge >= 0.3 is 5.97 Å². The number of hydrogen-bond donors (Lipinski definition) is 3. The molecular weight excluding hydrogens is 396 g/mol. The number of nitrogens with one attached hydrogen (secondary N) is 2. The van der Waals surface area contributed by atoms with Crippen LogP contribution in [0.4, 0.5) is 0 Å². The minimum atomic E-state index is -1.14. The predicted octanol–water partition coefficient (Wildman–Crippen LogP) is 2.97. The lowest BCUT2D eigenvalue weighted by Gasteiger charge is -2.42. The molecule has 0 saturated carbocycles. The van der Waals surface area contributed by atoms with Crippen LogP contribution in [0.25, 0.3) is 10.8 Å². The molecule has 0 aliphatic carbocycles. The molecule has 7 heteroatoms. The van der Waals surface area contributed by atoms with Crippen LogP contribution in [0.3, 0.4) is 0 Å². The molecule has 0 radical (unpaired) electrons. The van der Waals surface area contributed by atoms with Crippen molar-refractivity contribution in [3.05, 3.63) is 48.0 Å². The maximum absolute atomic E-state index is 13.0. The van der Waals surface area contributed by atoms with Gasteiger partial charge in [0.1, 0.15) is 12.0 Å². The fraction of sp³-hybridized carbons (Fsp3) is 0.458. The maximum atomic E-state index is 13.0. The predicted molar refractivity (Wildman–Crippen MR) is 117 cm³/mol. The maximum Gasteiger partial charge on any atom is 0.305 e. The number of carbonyl (C=O) groups is 3. The van der Waals surface area contributed by atoms with Crippen LogP contribution >= 0.6 is 0 Å². The van der Waals surface area contributed by atoms with Crippen molar-refractivity contribution in [2.75, 3.05) is 6.61 Å². The minimum absolute atomic E-state index is 0.111. The molecule has 2 aromatic rings. The molecule has 1 aliphatic heterocycles. The Balaban J connectivity index is 1.90. The first-order valence-corrected chi connectivity index (χ1v) is 10.7. The molecular formula is C24H30N2O5. The normalized spacial score (nSPS) is 20.9. The van der Waals surface area contributed by atoms with Crippen LogP contribution in [0, 0.1) is 5.92 Å². The fourth-order valence-electron chi connectivity index (χ4n) is 4.04. The number of benzene rings is 2. The number of carbonyl (C=O) groups excluding carboxylic acids is 2. The van der Waals surface area contributed by atoms with Crippen LogP contribution in [0.2, 0.25) is 0 Å². The zero-order valence-corrected chi connectivity index (χ0v) is 18.0. The van der Waals surface area contributed by atoms with Crippen molar-refractivity contribution >= 4 is 28.9 Å². The van der Waals surface area contributed by atoms with Crippen LogP contribution < -0.4 is 10.6 Å². The molecule has 1 fully saturated rings. The summed E-state index contributed by atoms with van der Waals surface area (Å²) >= 11 is 0. The van der Waals surface area contributed by atoms with Gasteiger partial charge in [-0.1, -0.05) is 50.2 Å². The summed E-state index contributed by atoms with van der Waals surface area (Å²) < 4.78 is 6.27. The van der Waals surface area contributed by atoms with Gasteiger partial charge in [-0.05, 0) is 47.6 Å². The van der Waals surface area contributed by atoms with Gasteiger partial charge in [-0.25, -0.2) is 0 Å². The molecule has 3 rings (SSSR count). The third-order valence-electron chi connectivity index (χ3n) is 5.71. The lowest BCUT2D eigenvalue weighted by atomic mass is 9.90. The fourth-order valence-corrected chi connectivity index (χ4v) is 4.04. The molecule has 166 valence electrons. The van der Waals surface area contributed by atoms with Gasteiger partial charge in [-0.15, -0.1) is 0 Å². The molecule has 2 aromatic carbocycles. The molecule has 1 saturated heterocycles. The van der Waals surface area contributed by atoms with Gasteiger partial charge < -0.3 is 20.0 Å². The van der Waals surface area contributed by atoms with Crippen molar-refractivity contribution in [2.24, 2.45) is 5.92 Å². The molecule has 1 heterocycles. The summed E-state index contributed by atoms with van der Waals surface area (Å²) in [5.74, 6) is -1.67. The van der Waals surface area contributed by atoms with Gasteiger partial charge in [0.05, 0.1) is 18.5 Å². The van der Waals surface area contributed by atoms with Crippen molar-refractivity contribution in [3.8, 4) is 0 Å². The Morgan fingerprint density at radius 1 is 1.16 bits per heavy atom. The third-order valence-corrected chi connectivity index (χ3v) is 5.71. The van der Waals surface area contributed by atoms with Gasteiger partial charge in [0.25, 0.3) is 0 Å². The Kier molecular flexibility index (Phi) is 7.41. The van der Waals surface area contributed by atoms with E-state index in [1.165, 1.54) is 0 Å². The van der Waals surface area contributed by atoms with Crippen molar-refractivity contribution in [1.82, 2.24) is 10.6 Å². The number of aldehydes is 1. The monoisotopic (exact) mass is 426 g/mol. The van der Waals surface area contributed by atoms with Gasteiger partial charge in [0.2, 0.25) is 5.91 Å². The second-order valence-corrected chi connectivity index (χ2v) is 8.41. The molecule has 0 aromatic heterocycles. The topological polar surface area (TPSA) is 105 Å². The number of fused-ring (bicyclic) bond motifs is 1. The Labute approximate surface area is 182 Å². The number of carboxylic acid groups (broad SMARTS) is 1. The first-order chi connectivity index (χ1) is 14.8. The summed E-state index contributed by atoms with van der Waals surface area (Å²) in [5.41, 5.74) is 0.111. The van der Waals surface area contributed by atoms with Crippen LogP contribution in [-0.2, 0) is 24.8 Å². The number of carboxylic acids is 1. The van der Waals surface area contributed by atoms with Crippen LogP contribution in [0.5, 0.6) is 0 Å². The van der Waals surface area contributed by atoms with E-state index in [1.807, 2.05) is 50.2 Å². The molecule has 3 N–H and O–H groups in total. The van der Waals surface area contributed by atoms with E-state index >= 15 is 0 Å². The lowest BCUT2D eigenvalue weighted by molar-refractivity contribution is -0.141. The summed E-state index contributed by atoms with van der Waals surface area (Å²) in [7, 11) is 0. The molecule has 0 bridgehead atoms. The number of hydrogen-bond acceptors (Lipinski definition) is 5. The number of amides is 1. The van der Waals surface area contributed by atoms with Gasteiger partial charge in [0.15, 0.2) is 0 Å². The molecule has 1 unspecified atom stereocenters. The summed E-state index contributed by atoms with van der Waals surface area (Å²) in [6.07, 6.45) is 2.60. The second-order valence-electron chi connectivity index (χ2n) is 8.41. The van der Waals surface area contributed by atoms with E-state index in [0.29, 0.717) is 19.3 Å². The van der Waals surface area contributed by atoms with E-state index < -0.39 is 36.1 Å². The minimum Gasteiger partial charge on any atom is -0.481 e. The summed E-state index contributed by atoms with van der Waals surface area (Å²) in [6.45, 7) is 4.38. The van der Waals surface area contributed by atoms with Gasteiger partial charge in [-0.2, -0.15) is 0 Å². The van der Waals surface area contributed by atoms with Crippen molar-refractivity contribution < 1.29 is 24.2 Å². The zero-order valence-electron chi connectivity index (χ0n) is 18.0. The molecule has 31 heavy (non-hydrogen) atoms. The highest BCUT2D eigenvalue weighted by Gasteiger charge is 2.40. The highest BCUT2D eigenvalue weighted by atomic mass is 16.5. The highest BCUT2D eigenvalue weighted by molar-refractivity contribution is 5.86. The lowest BCUT2D eigenvalue weighted by Crippen LogP contribution is -2.59. The highest BCUT2D eigenvalue weighted by Crippen LogP contribution is 2.35. The van der Waals surface area contributed by atoms with E-state index in [4.69, 9.17) is 9.84 Å². The molecule has 1 amide bonds. The standard InChI is InChI=1S/C24H30N2O5/c1-16(2)22(23(30)25-20(15-27)14-21(28)29)26-24(11-5-6-12-31-24)19-10-9-17-7-3-4-8-18(17)13-19/h3-4,7-10,13,15-16,20,22,26H,5-6,11-12,14H2,1-2H3,(H,25,30)(H,28,29)/t20-,22-,24?/m0/s1. The Hall–Kier alpha value is -2.77. The Morgan fingerprint density at radius 2 is 1.90 bits per heavy atom. The third kappa shape index (κ3) is 5.48. The van der Waals surface area contributed by atoms with E-state index in [-0.39, 0.29) is 5.92 Å². The van der Waals surface area contributed by atoms with E-state index in [9.17, 15) is 14.4 Å². The molecule has 0 spiro atoms. The Bertz CT molecular complexity index is 936. The largest absolute Gasteiger partial charge is 0.481 e. The van der Waals surface area contributed by atoms with E-state index in [0.717, 1.165) is 29.2 Å². The first-order valence-electron chi connectivity index (χ1n) is 10.7. The molecule has 3 atom stereocenters. The second kappa shape index (κ2) is 10.0. The number of rotatable bonds is 9. The molecule has 7 nitrogen and oxygen atoms in total. The first kappa shape index (κ1) is 22.9. The zero-order chi connectivity index (χ0) is 22.4. The average Bonchev–Trinajstić information content (AvgIpc) is 2.76. The number of aliphatic carboxylic acids is 1. The summed E-state index contributed by atoms with van der Waals surface area (Å²) in [6, 6.07) is 12.5.